The molecule has 0 fully saturated rings. The number of aromatic nitrogens is 5. The van der Waals surface area contributed by atoms with Crippen molar-refractivity contribution in [3.63, 3.8) is 0 Å². The van der Waals surface area contributed by atoms with Gasteiger partial charge in [0.25, 0.3) is 6.43 Å². The van der Waals surface area contributed by atoms with Gasteiger partial charge in [0.05, 0.1) is 28.9 Å². The first kappa shape index (κ1) is 29.1. The highest BCUT2D eigenvalue weighted by Gasteiger charge is 2.26. The molecule has 5 rings (SSSR count). The van der Waals surface area contributed by atoms with Crippen LogP contribution in [0.25, 0.3) is 16.5 Å². The van der Waals surface area contributed by atoms with Crippen LogP contribution < -0.4 is 15.2 Å². The number of fused-ring (bicyclic) bond motifs is 1. The Hall–Kier alpha value is -4.42. The third kappa shape index (κ3) is 6.24. The van der Waals surface area contributed by atoms with Gasteiger partial charge in [-0.2, -0.15) is 4.68 Å². The second kappa shape index (κ2) is 13.0. The molecule has 0 spiro atoms. The lowest BCUT2D eigenvalue weighted by Crippen LogP contribution is -2.28. The molecule has 42 heavy (non-hydrogen) atoms. The Labute approximate surface area is 243 Å². The van der Waals surface area contributed by atoms with E-state index < -0.39 is 24.9 Å². The van der Waals surface area contributed by atoms with E-state index in [0.717, 1.165) is 10.2 Å². The highest BCUT2D eigenvalue weighted by atomic mass is 35.5. The molecule has 3 heterocycles. The molecular weight excluding hydrogens is 575 g/mol. The van der Waals surface area contributed by atoms with Gasteiger partial charge in [0.15, 0.2) is 17.7 Å². The van der Waals surface area contributed by atoms with Crippen molar-refractivity contribution in [1.29, 1.82) is 0 Å². The summed E-state index contributed by atoms with van der Waals surface area (Å²) >= 11 is 6.21. The summed E-state index contributed by atoms with van der Waals surface area (Å²) in [6.07, 6.45) is -0.955. The molecule has 0 saturated carbocycles. The summed E-state index contributed by atoms with van der Waals surface area (Å²) in [7, 11) is 0. The second-order valence-corrected chi connectivity index (χ2v) is 9.45. The summed E-state index contributed by atoms with van der Waals surface area (Å²) in [5.41, 5.74) is 0.673. The average molecular weight is 600 g/mol. The van der Waals surface area contributed by atoms with Crippen molar-refractivity contribution in [3.05, 3.63) is 100 Å². The van der Waals surface area contributed by atoms with Gasteiger partial charge in [-0.25, -0.2) is 22.9 Å². The Morgan fingerprint density at radius 2 is 1.83 bits per heavy atom. The zero-order chi connectivity index (χ0) is 29.6. The summed E-state index contributed by atoms with van der Waals surface area (Å²) in [6.45, 7) is 1.00. The lowest BCUT2D eigenvalue weighted by atomic mass is 10.1. The molecule has 13 heteroatoms. The van der Waals surface area contributed by atoms with E-state index in [1.165, 1.54) is 35.3 Å². The van der Waals surface area contributed by atoms with Crippen LogP contribution in [0, 0.1) is 0 Å². The average Bonchev–Trinajstić information content (AvgIpc) is 3.32. The van der Waals surface area contributed by atoms with E-state index in [1.807, 2.05) is 30.3 Å². The van der Waals surface area contributed by atoms with Gasteiger partial charge in [-0.15, -0.1) is 5.10 Å². The summed E-state index contributed by atoms with van der Waals surface area (Å²) < 4.78 is 60.4. The largest absolute Gasteiger partial charge is 0.481 e. The molecule has 9 nitrogen and oxygen atoms in total. The van der Waals surface area contributed by atoms with Gasteiger partial charge in [-0.05, 0) is 36.1 Å². The van der Waals surface area contributed by atoms with Crippen LogP contribution in [0.5, 0.6) is 17.4 Å². The van der Waals surface area contributed by atoms with Crippen LogP contribution in [-0.2, 0) is 24.5 Å². The third-order valence-electron chi connectivity index (χ3n) is 6.27. The summed E-state index contributed by atoms with van der Waals surface area (Å²) in [6, 6.07) is 15.5. The molecule has 1 unspecified atom stereocenters. The highest BCUT2D eigenvalue weighted by Crippen LogP contribution is 2.39. The van der Waals surface area contributed by atoms with Crippen molar-refractivity contribution in [2.45, 2.75) is 39.2 Å². The number of hydrogen-bond acceptors (Lipinski definition) is 7. The van der Waals surface area contributed by atoms with Crippen molar-refractivity contribution in [3.8, 4) is 23.1 Å². The molecule has 0 aliphatic rings. The molecule has 0 saturated heterocycles. The minimum absolute atomic E-state index is 0.0442. The fourth-order valence-electron chi connectivity index (χ4n) is 4.24. The van der Waals surface area contributed by atoms with E-state index in [4.69, 9.17) is 25.8 Å². The topological polar surface area (TPSA) is 93.3 Å². The van der Waals surface area contributed by atoms with Crippen LogP contribution in [0.3, 0.4) is 0 Å². The monoisotopic (exact) mass is 599 g/mol. The fraction of sp³-hybridized carbons (Fsp3) is 0.241. The predicted octanol–water partition coefficient (Wildman–Crippen LogP) is 6.14. The maximum atomic E-state index is 13.6. The van der Waals surface area contributed by atoms with Gasteiger partial charge in [-0.3, -0.25) is 9.55 Å². The Bertz CT molecular complexity index is 1730. The van der Waals surface area contributed by atoms with Gasteiger partial charge in [0.2, 0.25) is 5.88 Å². The molecule has 0 N–H and O–H groups in total. The number of nitrogens with zero attached hydrogens (tertiary/aromatic N) is 5. The highest BCUT2D eigenvalue weighted by molar-refractivity contribution is 6.32. The first-order chi connectivity index (χ1) is 20.4. The minimum Gasteiger partial charge on any atom is -0.481 e. The maximum absolute atomic E-state index is 13.6. The third-order valence-corrected chi connectivity index (χ3v) is 6.58. The lowest BCUT2D eigenvalue weighted by molar-refractivity contribution is -0.000431. The summed E-state index contributed by atoms with van der Waals surface area (Å²) in [4.78, 5) is 21.6. The molecule has 218 valence electrons. The molecule has 2 aromatic carbocycles. The van der Waals surface area contributed by atoms with Gasteiger partial charge in [0, 0.05) is 25.0 Å². The number of halogens is 4. The lowest BCUT2D eigenvalue weighted by Gasteiger charge is -2.19. The molecule has 0 aliphatic heterocycles. The van der Waals surface area contributed by atoms with Crippen molar-refractivity contribution in [1.82, 2.24) is 24.3 Å². The first-order valence-electron chi connectivity index (χ1n) is 12.9. The Morgan fingerprint density at radius 3 is 2.55 bits per heavy atom. The van der Waals surface area contributed by atoms with E-state index in [0.29, 0.717) is 24.4 Å². The molecular formula is C29H25ClF3N5O4. The number of pyridine rings is 2. The molecule has 5 aromatic rings. The molecule has 0 radical (unpaired) electrons. The van der Waals surface area contributed by atoms with E-state index in [1.54, 1.807) is 19.1 Å². The standard InChI is InChI=1S/C29H25ClF3N5O4/c1-2-37-25(17-40-16-18-6-4-3-5-7-18)36-38(29(37)39)20-12-19-8-11-35-28(42-24-15-34-10-9-21(24)30)26(19)22(13-20)41-23(14-31)27(32)33/h3-13,15,23,27H,2,14,16-17H2,1H3. The molecule has 3 aromatic heterocycles. The number of rotatable bonds is 12. The number of alkyl halides is 3. The maximum Gasteiger partial charge on any atom is 0.350 e. The van der Waals surface area contributed by atoms with E-state index >= 15 is 0 Å². The van der Waals surface area contributed by atoms with Gasteiger partial charge < -0.3 is 14.2 Å². The Kier molecular flexibility index (Phi) is 9.03. The first-order valence-corrected chi connectivity index (χ1v) is 13.3. The molecule has 0 amide bonds. The number of hydrogen-bond donors (Lipinski definition) is 0. The summed E-state index contributed by atoms with van der Waals surface area (Å²) in [5, 5.41) is 5.25. The summed E-state index contributed by atoms with van der Waals surface area (Å²) in [5.74, 6) is 0.286. The van der Waals surface area contributed by atoms with Crippen LogP contribution in [0.1, 0.15) is 18.3 Å². The van der Waals surface area contributed by atoms with E-state index in [9.17, 15) is 18.0 Å². The SMILES string of the molecule is CCn1c(COCc2ccccc2)nn(-c2cc(OC(CF)C(F)F)c3c(Oc4cnccc4Cl)nccc3c2)c1=O. The smallest absolute Gasteiger partial charge is 0.350 e. The molecule has 0 aliphatic carbocycles. The number of benzene rings is 2. The van der Waals surface area contributed by atoms with Crippen LogP contribution in [0.4, 0.5) is 13.2 Å². The van der Waals surface area contributed by atoms with Crippen LogP contribution >= 0.6 is 11.6 Å². The quantitative estimate of drug-likeness (QED) is 0.170. The van der Waals surface area contributed by atoms with Gasteiger partial charge in [0.1, 0.15) is 19.0 Å². The van der Waals surface area contributed by atoms with Gasteiger partial charge >= 0.3 is 5.69 Å². The Morgan fingerprint density at radius 1 is 1.02 bits per heavy atom. The second-order valence-electron chi connectivity index (χ2n) is 9.04. The Balaban J connectivity index is 1.57. The van der Waals surface area contributed by atoms with Gasteiger partial charge in [-0.1, -0.05) is 41.9 Å². The van der Waals surface area contributed by atoms with Crippen LogP contribution in [-0.4, -0.2) is 43.5 Å². The van der Waals surface area contributed by atoms with E-state index in [-0.39, 0.29) is 40.1 Å². The molecule has 0 bridgehead atoms. The van der Waals surface area contributed by atoms with Crippen LogP contribution in [0.2, 0.25) is 5.02 Å². The minimum atomic E-state index is -3.13. The normalized spacial score (nSPS) is 12.1. The predicted molar refractivity (Wildman–Crippen MR) is 149 cm³/mol. The fourth-order valence-corrected chi connectivity index (χ4v) is 4.39. The van der Waals surface area contributed by atoms with E-state index in [2.05, 4.69) is 15.1 Å². The van der Waals surface area contributed by atoms with Crippen LogP contribution in [0.15, 0.2) is 78.0 Å². The van der Waals surface area contributed by atoms with Crippen molar-refractivity contribution in [2.75, 3.05) is 6.67 Å². The zero-order valence-corrected chi connectivity index (χ0v) is 23.0. The molecule has 1 atom stereocenters. The van der Waals surface area contributed by atoms with Crippen molar-refractivity contribution in [2.24, 2.45) is 0 Å². The number of ether oxygens (including phenoxy) is 3. The zero-order valence-electron chi connectivity index (χ0n) is 22.3. The van der Waals surface area contributed by atoms with Crippen molar-refractivity contribution >= 4 is 22.4 Å². The van der Waals surface area contributed by atoms with Crippen molar-refractivity contribution < 1.29 is 27.4 Å².